The van der Waals surface area contributed by atoms with Crippen molar-refractivity contribution in [2.75, 3.05) is 0 Å². The van der Waals surface area contributed by atoms with Gasteiger partial charge in [0.1, 0.15) is 6.10 Å². The van der Waals surface area contributed by atoms with Crippen molar-refractivity contribution in [1.29, 1.82) is 0 Å². The number of alkyl halides is 2. The largest absolute Gasteiger partial charge is 0.385 e. The molecule has 0 aliphatic heterocycles. The molecule has 0 saturated carbocycles. The predicted molar refractivity (Wildman–Crippen MR) is 51.6 cm³/mol. The van der Waals surface area contributed by atoms with Crippen molar-refractivity contribution in [3.8, 4) is 0 Å². The third kappa shape index (κ3) is 2.53. The van der Waals surface area contributed by atoms with Crippen molar-refractivity contribution in [2.24, 2.45) is 5.73 Å². The molecule has 1 aromatic rings. The molecular formula is C10H11F2NO3. The molecule has 0 saturated heterocycles. The average Bonchev–Trinajstić information content (AvgIpc) is 2.26. The van der Waals surface area contributed by atoms with Crippen molar-refractivity contribution in [3.63, 3.8) is 0 Å². The van der Waals surface area contributed by atoms with E-state index < -0.39 is 30.1 Å². The fourth-order valence-electron chi connectivity index (χ4n) is 1.30. The number of carbonyl (C=O) groups is 1. The maximum atomic E-state index is 12.5. The first-order chi connectivity index (χ1) is 7.45. The van der Waals surface area contributed by atoms with Gasteiger partial charge in [-0.25, -0.2) is 8.78 Å². The maximum absolute atomic E-state index is 12.5. The summed E-state index contributed by atoms with van der Waals surface area (Å²) < 4.78 is 25.1. The summed E-state index contributed by atoms with van der Waals surface area (Å²) in [5.74, 6) is -1.17. The topological polar surface area (TPSA) is 83.6 Å². The molecule has 4 N–H and O–H groups in total. The predicted octanol–water partition coefficient (Wildman–Crippen LogP) is 0.504. The van der Waals surface area contributed by atoms with Gasteiger partial charge in [-0.3, -0.25) is 4.79 Å². The fourth-order valence-corrected chi connectivity index (χ4v) is 1.30. The molecule has 2 atom stereocenters. The van der Waals surface area contributed by atoms with Crippen LogP contribution < -0.4 is 5.73 Å². The summed E-state index contributed by atoms with van der Waals surface area (Å²) in [5.41, 5.74) is 4.12. The molecule has 16 heavy (non-hydrogen) atoms. The number of aliphatic hydroxyl groups excluding tert-OH is 2. The Labute approximate surface area is 90.3 Å². The fraction of sp³-hybridized carbons (Fsp3) is 0.300. The lowest BCUT2D eigenvalue weighted by Crippen LogP contribution is -2.34. The van der Waals surface area contributed by atoms with Crippen molar-refractivity contribution < 1.29 is 23.8 Å². The Morgan fingerprint density at radius 3 is 2.12 bits per heavy atom. The van der Waals surface area contributed by atoms with Gasteiger partial charge in [-0.05, 0) is 5.56 Å². The zero-order valence-electron chi connectivity index (χ0n) is 8.18. The molecule has 0 aliphatic carbocycles. The van der Waals surface area contributed by atoms with Crippen LogP contribution in [0.5, 0.6) is 0 Å². The van der Waals surface area contributed by atoms with E-state index in [1.165, 1.54) is 18.2 Å². The van der Waals surface area contributed by atoms with Crippen LogP contribution in [0.25, 0.3) is 0 Å². The van der Waals surface area contributed by atoms with Gasteiger partial charge in [0, 0.05) is 5.56 Å². The first-order valence-corrected chi connectivity index (χ1v) is 4.47. The summed E-state index contributed by atoms with van der Waals surface area (Å²) in [4.78, 5) is 10.6. The molecule has 0 bridgehead atoms. The van der Waals surface area contributed by atoms with Crippen LogP contribution in [-0.2, 0) is 4.79 Å². The summed E-state index contributed by atoms with van der Waals surface area (Å²) in [5, 5.41) is 18.7. The van der Waals surface area contributed by atoms with Crippen LogP contribution >= 0.6 is 0 Å². The average molecular weight is 231 g/mol. The van der Waals surface area contributed by atoms with Crippen molar-refractivity contribution in [2.45, 2.75) is 18.6 Å². The molecule has 0 fully saturated rings. The Hall–Kier alpha value is -1.53. The monoisotopic (exact) mass is 231 g/mol. The maximum Gasteiger partial charge on any atom is 0.264 e. The zero-order valence-corrected chi connectivity index (χ0v) is 8.18. The van der Waals surface area contributed by atoms with Gasteiger partial charge in [0.05, 0.1) is 0 Å². The van der Waals surface area contributed by atoms with E-state index in [2.05, 4.69) is 0 Å². The third-order valence-corrected chi connectivity index (χ3v) is 2.14. The van der Waals surface area contributed by atoms with E-state index in [0.29, 0.717) is 0 Å². The molecule has 4 nitrogen and oxygen atoms in total. The lowest BCUT2D eigenvalue weighted by Gasteiger charge is -2.18. The van der Waals surface area contributed by atoms with Gasteiger partial charge in [-0.1, -0.05) is 24.3 Å². The summed E-state index contributed by atoms with van der Waals surface area (Å²) in [6.45, 7) is 0. The molecule has 0 spiro atoms. The van der Waals surface area contributed by atoms with Gasteiger partial charge in [0.2, 0.25) is 5.91 Å². The number of benzene rings is 1. The molecule has 6 heteroatoms. The van der Waals surface area contributed by atoms with Crippen LogP contribution in [0, 0.1) is 0 Å². The van der Waals surface area contributed by atoms with Crippen LogP contribution in [-0.4, -0.2) is 22.2 Å². The highest BCUT2D eigenvalue weighted by molar-refractivity contribution is 5.79. The van der Waals surface area contributed by atoms with E-state index in [0.717, 1.165) is 6.07 Å². The third-order valence-electron chi connectivity index (χ3n) is 2.14. The van der Waals surface area contributed by atoms with Gasteiger partial charge in [0.25, 0.3) is 6.43 Å². The lowest BCUT2D eigenvalue weighted by molar-refractivity contribution is -0.132. The van der Waals surface area contributed by atoms with Crippen LogP contribution in [0.1, 0.15) is 23.7 Å². The first-order valence-electron chi connectivity index (χ1n) is 4.47. The van der Waals surface area contributed by atoms with Gasteiger partial charge in [0.15, 0.2) is 6.10 Å². The van der Waals surface area contributed by atoms with E-state index in [9.17, 15) is 23.8 Å². The summed E-state index contributed by atoms with van der Waals surface area (Å²) in [6.07, 6.45) is -6.45. The van der Waals surface area contributed by atoms with Gasteiger partial charge >= 0.3 is 0 Å². The molecule has 1 amide bonds. The Morgan fingerprint density at radius 1 is 1.19 bits per heavy atom. The number of aliphatic hydroxyl groups is 2. The lowest BCUT2D eigenvalue weighted by atomic mass is 9.98. The minimum absolute atomic E-state index is 0.205. The van der Waals surface area contributed by atoms with E-state index in [1.54, 1.807) is 0 Å². The van der Waals surface area contributed by atoms with Crippen LogP contribution in [0.4, 0.5) is 8.78 Å². The van der Waals surface area contributed by atoms with Crippen LogP contribution in [0.15, 0.2) is 24.3 Å². The molecule has 88 valence electrons. The quantitative estimate of drug-likeness (QED) is 0.705. The molecule has 0 heterocycles. The van der Waals surface area contributed by atoms with Crippen molar-refractivity contribution in [1.82, 2.24) is 0 Å². The number of halogens is 2. The highest BCUT2D eigenvalue weighted by Crippen LogP contribution is 2.28. The second kappa shape index (κ2) is 5.00. The number of nitrogens with two attached hydrogens (primary N) is 1. The number of hydrogen-bond donors (Lipinski definition) is 3. The summed E-state index contributed by atoms with van der Waals surface area (Å²) in [7, 11) is 0. The van der Waals surface area contributed by atoms with Gasteiger partial charge in [-0.15, -0.1) is 0 Å². The molecule has 1 aromatic carbocycles. The molecule has 2 unspecified atom stereocenters. The Balaban J connectivity index is 3.07. The second-order valence-corrected chi connectivity index (χ2v) is 3.22. The molecule has 0 radical (unpaired) electrons. The Kier molecular flexibility index (Phi) is 3.92. The number of hydrogen-bond acceptors (Lipinski definition) is 3. The first kappa shape index (κ1) is 12.5. The van der Waals surface area contributed by atoms with Crippen molar-refractivity contribution in [3.05, 3.63) is 35.4 Å². The van der Waals surface area contributed by atoms with E-state index >= 15 is 0 Å². The Morgan fingerprint density at radius 2 is 1.69 bits per heavy atom. The number of primary amides is 1. The van der Waals surface area contributed by atoms with Crippen LogP contribution in [0.2, 0.25) is 0 Å². The smallest absolute Gasteiger partial charge is 0.264 e. The van der Waals surface area contributed by atoms with E-state index in [-0.39, 0.29) is 5.56 Å². The zero-order chi connectivity index (χ0) is 12.3. The molecular weight excluding hydrogens is 220 g/mol. The van der Waals surface area contributed by atoms with E-state index in [4.69, 9.17) is 5.73 Å². The highest BCUT2D eigenvalue weighted by Gasteiger charge is 2.27. The van der Waals surface area contributed by atoms with E-state index in [1.807, 2.05) is 0 Å². The minimum Gasteiger partial charge on any atom is -0.385 e. The number of carbonyl (C=O) groups excluding carboxylic acids is 1. The van der Waals surface area contributed by atoms with Crippen LogP contribution in [0.3, 0.4) is 0 Å². The normalized spacial score (nSPS) is 14.8. The molecule has 0 aromatic heterocycles. The molecule has 1 rings (SSSR count). The standard InChI is InChI=1S/C10H11F2NO3/c11-9(12)6-4-2-1-3-5(6)7(14)8(15)10(13)16/h1-4,7-9,14-15H,(H2,13,16). The minimum atomic E-state index is -2.80. The number of amides is 1. The Bertz CT molecular complexity index is 384. The van der Waals surface area contributed by atoms with Gasteiger partial charge < -0.3 is 15.9 Å². The highest BCUT2D eigenvalue weighted by atomic mass is 19.3. The molecule has 0 aliphatic rings. The number of rotatable bonds is 4. The van der Waals surface area contributed by atoms with Crippen molar-refractivity contribution >= 4 is 5.91 Å². The second-order valence-electron chi connectivity index (χ2n) is 3.22. The summed E-state index contributed by atoms with van der Waals surface area (Å²) >= 11 is 0. The van der Waals surface area contributed by atoms with Gasteiger partial charge in [-0.2, -0.15) is 0 Å². The summed E-state index contributed by atoms with van der Waals surface area (Å²) in [6, 6.07) is 5.10. The SMILES string of the molecule is NC(=O)C(O)C(O)c1ccccc1C(F)F.